The van der Waals surface area contributed by atoms with Gasteiger partial charge in [0.15, 0.2) is 23.3 Å². The fourth-order valence-corrected chi connectivity index (χ4v) is 4.34. The lowest BCUT2D eigenvalue weighted by molar-refractivity contribution is -0.139. The zero-order valence-electron chi connectivity index (χ0n) is 15.9. The van der Waals surface area contributed by atoms with E-state index in [-0.39, 0.29) is 5.91 Å². The Morgan fingerprint density at radius 2 is 2.17 bits per heavy atom. The van der Waals surface area contributed by atoms with Crippen LogP contribution in [0.2, 0.25) is 5.02 Å². The van der Waals surface area contributed by atoms with Gasteiger partial charge in [0, 0.05) is 5.02 Å². The second kappa shape index (κ2) is 9.71. The first-order chi connectivity index (χ1) is 14.3. The molecule has 2 N–H and O–H groups in total. The zero-order chi connectivity index (χ0) is 21.8. The molecule has 1 aliphatic heterocycles. The average Bonchev–Trinajstić information content (AvgIpc) is 3.03. The summed E-state index contributed by atoms with van der Waals surface area (Å²) in [6.07, 6.45) is 1.71. The van der Waals surface area contributed by atoms with E-state index in [9.17, 15) is 9.59 Å². The van der Waals surface area contributed by atoms with Gasteiger partial charge in [-0.1, -0.05) is 17.7 Å². The molecular weight excluding hydrogens is 543 g/mol. The number of thioether (sulfide) groups is 1. The quantitative estimate of drug-likeness (QED) is 0.397. The molecule has 1 aliphatic rings. The summed E-state index contributed by atoms with van der Waals surface area (Å²) >= 11 is 9.37. The number of carbonyl (C=O) groups is 2. The summed E-state index contributed by atoms with van der Waals surface area (Å²) in [7, 11) is 1.46. The van der Waals surface area contributed by atoms with Crippen molar-refractivity contribution in [3.05, 3.63) is 55.0 Å². The summed E-state index contributed by atoms with van der Waals surface area (Å²) in [6, 6.07) is 8.86. The number of methoxy groups -OCH3 is 1. The molecular formula is C20H16ClIN2O5S. The number of benzene rings is 2. The molecule has 7 nitrogen and oxygen atoms in total. The molecule has 2 aromatic rings. The number of aliphatic imine (C=N–C) groups is 1. The van der Waals surface area contributed by atoms with Crippen molar-refractivity contribution >= 4 is 74.8 Å². The Hall–Kier alpha value is -2.24. The van der Waals surface area contributed by atoms with E-state index in [1.165, 1.54) is 18.9 Å². The predicted octanol–water partition coefficient (Wildman–Crippen LogP) is 4.62. The van der Waals surface area contributed by atoms with Crippen LogP contribution in [-0.4, -0.2) is 35.9 Å². The van der Waals surface area contributed by atoms with Crippen molar-refractivity contribution in [2.75, 3.05) is 13.7 Å². The molecule has 1 amide bonds. The molecule has 0 bridgehead atoms. The highest BCUT2D eigenvalue weighted by molar-refractivity contribution is 14.1. The van der Waals surface area contributed by atoms with Gasteiger partial charge in [-0.3, -0.25) is 4.79 Å². The fourth-order valence-electron chi connectivity index (χ4n) is 2.56. The van der Waals surface area contributed by atoms with E-state index in [1.807, 2.05) is 35.6 Å². The van der Waals surface area contributed by atoms with Crippen LogP contribution in [0.3, 0.4) is 0 Å². The summed E-state index contributed by atoms with van der Waals surface area (Å²) in [5, 5.41) is 12.6. The summed E-state index contributed by atoms with van der Waals surface area (Å²) < 4.78 is 11.3. The third-order valence-electron chi connectivity index (χ3n) is 4.00. The number of nitrogens with one attached hydrogen (secondary N) is 1. The van der Waals surface area contributed by atoms with Gasteiger partial charge in [-0.05, 0) is 82.7 Å². The van der Waals surface area contributed by atoms with E-state index in [0.717, 1.165) is 5.56 Å². The smallest absolute Gasteiger partial charge is 0.341 e. The Labute approximate surface area is 195 Å². The minimum Gasteiger partial charge on any atom is -0.493 e. The van der Waals surface area contributed by atoms with E-state index in [2.05, 4.69) is 10.3 Å². The van der Waals surface area contributed by atoms with Gasteiger partial charge in [0.25, 0.3) is 5.91 Å². The Kier molecular flexibility index (Phi) is 7.27. The van der Waals surface area contributed by atoms with Crippen LogP contribution in [0.15, 0.2) is 40.2 Å². The van der Waals surface area contributed by atoms with Gasteiger partial charge in [-0.15, -0.1) is 0 Å². The lowest BCUT2D eigenvalue weighted by Crippen LogP contribution is -2.19. The molecule has 0 aliphatic carbocycles. The zero-order valence-corrected chi connectivity index (χ0v) is 19.6. The Balaban J connectivity index is 1.87. The van der Waals surface area contributed by atoms with Gasteiger partial charge < -0.3 is 19.9 Å². The topological polar surface area (TPSA) is 97.2 Å². The molecule has 3 rings (SSSR count). The molecule has 156 valence electrons. The van der Waals surface area contributed by atoms with Crippen LogP contribution in [0.4, 0.5) is 5.69 Å². The minimum atomic E-state index is -1.08. The second-order valence-electron chi connectivity index (χ2n) is 6.08. The number of halogens is 2. The van der Waals surface area contributed by atoms with E-state index >= 15 is 0 Å². The van der Waals surface area contributed by atoms with Crippen molar-refractivity contribution in [3.8, 4) is 11.5 Å². The minimum absolute atomic E-state index is 0.265. The van der Waals surface area contributed by atoms with E-state index in [1.54, 1.807) is 30.3 Å². The van der Waals surface area contributed by atoms with Crippen molar-refractivity contribution < 1.29 is 24.2 Å². The first-order valence-electron chi connectivity index (χ1n) is 8.55. The number of carboxylic acid groups (broad SMARTS) is 1. The highest BCUT2D eigenvalue weighted by atomic mass is 127. The SMILES string of the molecule is COc1cc(/C=C2\SC(=Nc3cccc(Cl)c3C)NC2=O)cc(I)c1OCC(=O)O. The molecule has 0 aromatic heterocycles. The summed E-state index contributed by atoms with van der Waals surface area (Å²) in [6.45, 7) is 1.38. The number of amides is 1. The van der Waals surface area contributed by atoms with Crippen LogP contribution in [0, 0.1) is 10.5 Å². The van der Waals surface area contributed by atoms with Crippen molar-refractivity contribution in [2.45, 2.75) is 6.92 Å². The number of hydrogen-bond acceptors (Lipinski definition) is 6. The molecule has 1 saturated heterocycles. The van der Waals surface area contributed by atoms with Crippen LogP contribution in [-0.2, 0) is 9.59 Å². The van der Waals surface area contributed by atoms with Crippen molar-refractivity contribution in [1.29, 1.82) is 0 Å². The molecule has 1 heterocycles. The van der Waals surface area contributed by atoms with Gasteiger partial charge in [0.2, 0.25) is 0 Å². The van der Waals surface area contributed by atoms with Crippen LogP contribution >= 0.6 is 46.0 Å². The molecule has 0 radical (unpaired) electrons. The number of ether oxygens (including phenoxy) is 2. The maximum absolute atomic E-state index is 12.4. The third kappa shape index (κ3) is 5.27. The lowest BCUT2D eigenvalue weighted by atomic mass is 10.2. The fraction of sp³-hybridized carbons (Fsp3) is 0.150. The number of nitrogens with zero attached hydrogens (tertiary/aromatic N) is 1. The number of hydrogen-bond donors (Lipinski definition) is 2. The van der Waals surface area contributed by atoms with E-state index in [4.69, 9.17) is 26.2 Å². The summed E-state index contributed by atoms with van der Waals surface area (Å²) in [4.78, 5) is 28.1. The van der Waals surface area contributed by atoms with Crippen molar-refractivity contribution in [2.24, 2.45) is 4.99 Å². The molecule has 2 aromatic carbocycles. The van der Waals surface area contributed by atoms with Gasteiger partial charge in [0.05, 0.1) is 21.3 Å². The van der Waals surface area contributed by atoms with E-state index < -0.39 is 12.6 Å². The largest absolute Gasteiger partial charge is 0.493 e. The molecule has 0 atom stereocenters. The summed E-state index contributed by atoms with van der Waals surface area (Å²) in [5.74, 6) is -0.634. The third-order valence-corrected chi connectivity index (χ3v) is 6.12. The maximum Gasteiger partial charge on any atom is 0.341 e. The Morgan fingerprint density at radius 3 is 2.87 bits per heavy atom. The van der Waals surface area contributed by atoms with Crippen molar-refractivity contribution in [3.63, 3.8) is 0 Å². The number of rotatable bonds is 6. The molecule has 1 fully saturated rings. The van der Waals surface area contributed by atoms with Gasteiger partial charge in [-0.2, -0.15) is 0 Å². The highest BCUT2D eigenvalue weighted by Gasteiger charge is 2.24. The molecule has 30 heavy (non-hydrogen) atoms. The van der Waals surface area contributed by atoms with Crippen LogP contribution < -0.4 is 14.8 Å². The van der Waals surface area contributed by atoms with Gasteiger partial charge in [-0.25, -0.2) is 9.79 Å². The van der Waals surface area contributed by atoms with Gasteiger partial charge >= 0.3 is 5.97 Å². The normalized spacial score (nSPS) is 16.1. The monoisotopic (exact) mass is 558 g/mol. The number of aliphatic carboxylic acids is 1. The molecule has 10 heteroatoms. The summed E-state index contributed by atoms with van der Waals surface area (Å²) in [5.41, 5.74) is 2.22. The Morgan fingerprint density at radius 1 is 1.40 bits per heavy atom. The van der Waals surface area contributed by atoms with E-state index in [0.29, 0.717) is 41.4 Å². The van der Waals surface area contributed by atoms with Crippen molar-refractivity contribution in [1.82, 2.24) is 5.32 Å². The number of carboxylic acids is 1. The van der Waals surface area contributed by atoms with Crippen LogP contribution in [0.25, 0.3) is 6.08 Å². The lowest BCUT2D eigenvalue weighted by Gasteiger charge is -2.12. The van der Waals surface area contributed by atoms with Gasteiger partial charge in [0.1, 0.15) is 0 Å². The maximum atomic E-state index is 12.4. The Bertz CT molecular complexity index is 1090. The molecule has 0 unspecified atom stereocenters. The van der Waals surface area contributed by atoms with Crippen LogP contribution in [0.5, 0.6) is 11.5 Å². The number of carbonyl (C=O) groups excluding carboxylic acids is 1. The predicted molar refractivity (Wildman–Crippen MR) is 126 cm³/mol. The molecule has 0 saturated carbocycles. The van der Waals surface area contributed by atoms with Crippen LogP contribution in [0.1, 0.15) is 11.1 Å². The first kappa shape index (κ1) is 22.4. The standard InChI is InChI=1S/C20H16ClIN2O5S/c1-10-12(21)4-3-5-14(10)23-20-24-19(27)16(30-20)8-11-6-13(22)18(15(7-11)28-2)29-9-17(25)26/h3-8H,9H2,1-2H3,(H,25,26)(H,23,24,27)/b16-8-. The highest BCUT2D eigenvalue weighted by Crippen LogP contribution is 2.36. The average molecular weight is 559 g/mol. The molecule has 0 spiro atoms. The second-order valence-corrected chi connectivity index (χ2v) is 8.68. The first-order valence-corrected chi connectivity index (χ1v) is 10.8. The number of amidine groups is 1.